The van der Waals surface area contributed by atoms with E-state index in [1.807, 2.05) is 37.3 Å². The second kappa shape index (κ2) is 7.20. The topological polar surface area (TPSA) is 49.4 Å². The Kier molecular flexibility index (Phi) is 5.31. The average molecular weight is 292 g/mol. The molecule has 21 heavy (non-hydrogen) atoms. The molecule has 1 fully saturated rings. The summed E-state index contributed by atoms with van der Waals surface area (Å²) in [5.41, 5.74) is 0.997. The molecule has 1 aliphatic heterocycles. The van der Waals surface area contributed by atoms with Gasteiger partial charge in [0.15, 0.2) is 0 Å². The molecule has 2 unspecified atom stereocenters. The lowest BCUT2D eigenvalue weighted by Gasteiger charge is -2.38. The van der Waals surface area contributed by atoms with E-state index in [2.05, 4.69) is 5.32 Å². The normalized spacial score (nSPS) is 22.3. The number of hydrogen-bond donors (Lipinski definition) is 1. The van der Waals surface area contributed by atoms with Crippen molar-refractivity contribution in [1.29, 1.82) is 0 Å². The lowest BCUT2D eigenvalue weighted by Crippen LogP contribution is -2.63. The second-order valence-electron chi connectivity index (χ2n) is 5.25. The van der Waals surface area contributed by atoms with Gasteiger partial charge in [-0.1, -0.05) is 37.3 Å². The number of amides is 2. The van der Waals surface area contributed by atoms with Crippen molar-refractivity contribution in [2.24, 2.45) is 0 Å². The maximum Gasteiger partial charge on any atom is 0.246 e. The smallest absolute Gasteiger partial charge is 0.246 e. The minimum absolute atomic E-state index is 0.112. The third-order valence-electron chi connectivity index (χ3n) is 3.78. The summed E-state index contributed by atoms with van der Waals surface area (Å²) < 4.78 is 12.4. The molecule has 0 spiro atoms. The van der Waals surface area contributed by atoms with Gasteiger partial charge >= 0.3 is 0 Å². The molecular formula is C16H21FN2O2. The van der Waals surface area contributed by atoms with Crippen LogP contribution in [-0.2, 0) is 16.0 Å². The highest BCUT2D eigenvalue weighted by atomic mass is 19.1. The molecule has 1 aromatic carbocycles. The summed E-state index contributed by atoms with van der Waals surface area (Å²) in [5.74, 6) is -0.254. The Balaban J connectivity index is 2.12. The van der Waals surface area contributed by atoms with E-state index >= 15 is 0 Å². The van der Waals surface area contributed by atoms with Gasteiger partial charge in [0.1, 0.15) is 12.1 Å². The van der Waals surface area contributed by atoms with Crippen LogP contribution in [-0.4, -0.2) is 42.0 Å². The summed E-state index contributed by atoms with van der Waals surface area (Å²) in [5, 5.41) is 2.80. The lowest BCUT2D eigenvalue weighted by atomic mass is 9.99. The number of nitrogens with zero attached hydrogens (tertiary/aromatic N) is 1. The molecule has 2 rings (SSSR count). The molecule has 0 saturated carbocycles. The fourth-order valence-electron chi connectivity index (χ4n) is 2.72. The van der Waals surface area contributed by atoms with E-state index in [-0.39, 0.29) is 18.2 Å². The standard InChI is InChI=1S/C16H21FN2O2/c1-2-14-15(20)18-13(11-12-7-4-3-5-8-12)16(21)19(14)10-6-9-17/h3-5,7-8,13-14H,2,6,9-11H2,1H3,(H,18,20). The quantitative estimate of drug-likeness (QED) is 0.867. The van der Waals surface area contributed by atoms with Crippen LogP contribution in [0.1, 0.15) is 25.3 Å². The van der Waals surface area contributed by atoms with Gasteiger partial charge in [-0.15, -0.1) is 0 Å². The van der Waals surface area contributed by atoms with Crippen molar-refractivity contribution in [3.8, 4) is 0 Å². The molecule has 0 radical (unpaired) electrons. The van der Waals surface area contributed by atoms with E-state index < -0.39 is 18.8 Å². The van der Waals surface area contributed by atoms with Gasteiger partial charge < -0.3 is 10.2 Å². The molecule has 2 amide bonds. The average Bonchev–Trinajstić information content (AvgIpc) is 2.50. The van der Waals surface area contributed by atoms with Gasteiger partial charge in [-0.05, 0) is 18.4 Å². The molecule has 2 atom stereocenters. The zero-order valence-corrected chi connectivity index (χ0v) is 12.2. The van der Waals surface area contributed by atoms with Crippen molar-refractivity contribution in [3.63, 3.8) is 0 Å². The monoisotopic (exact) mass is 292 g/mol. The van der Waals surface area contributed by atoms with Gasteiger partial charge in [0.05, 0.1) is 6.67 Å². The number of benzene rings is 1. The van der Waals surface area contributed by atoms with E-state index in [1.54, 1.807) is 0 Å². The van der Waals surface area contributed by atoms with E-state index in [4.69, 9.17) is 0 Å². The lowest BCUT2D eigenvalue weighted by molar-refractivity contribution is -0.149. The van der Waals surface area contributed by atoms with E-state index in [0.29, 0.717) is 19.4 Å². The van der Waals surface area contributed by atoms with Gasteiger partial charge in [0.25, 0.3) is 0 Å². The van der Waals surface area contributed by atoms with Crippen LogP contribution in [0.25, 0.3) is 0 Å². The Bertz CT molecular complexity index is 492. The van der Waals surface area contributed by atoms with Crippen molar-refractivity contribution in [1.82, 2.24) is 10.2 Å². The first kappa shape index (κ1) is 15.5. The number of piperazine rings is 1. The number of hydrogen-bond acceptors (Lipinski definition) is 2. The van der Waals surface area contributed by atoms with Crippen molar-refractivity contribution in [2.75, 3.05) is 13.2 Å². The Morgan fingerprint density at radius 1 is 1.24 bits per heavy atom. The van der Waals surface area contributed by atoms with E-state index in [0.717, 1.165) is 5.56 Å². The van der Waals surface area contributed by atoms with Crippen LogP contribution in [0, 0.1) is 0 Å². The van der Waals surface area contributed by atoms with Crippen LogP contribution in [0.3, 0.4) is 0 Å². The Labute approximate surface area is 124 Å². The van der Waals surface area contributed by atoms with Crippen LogP contribution < -0.4 is 5.32 Å². The number of nitrogens with one attached hydrogen (secondary N) is 1. The highest BCUT2D eigenvalue weighted by Gasteiger charge is 2.38. The van der Waals surface area contributed by atoms with Crippen LogP contribution in [0.4, 0.5) is 4.39 Å². The van der Waals surface area contributed by atoms with Crippen molar-refractivity contribution >= 4 is 11.8 Å². The highest BCUT2D eigenvalue weighted by Crippen LogP contribution is 2.16. The van der Waals surface area contributed by atoms with Crippen LogP contribution in [0.5, 0.6) is 0 Å². The Morgan fingerprint density at radius 3 is 2.57 bits per heavy atom. The molecular weight excluding hydrogens is 271 g/mol. The molecule has 1 heterocycles. The largest absolute Gasteiger partial charge is 0.342 e. The fourth-order valence-corrected chi connectivity index (χ4v) is 2.72. The summed E-state index contributed by atoms with van der Waals surface area (Å²) in [6.45, 7) is 1.68. The van der Waals surface area contributed by atoms with Crippen LogP contribution in [0.2, 0.25) is 0 Å². The number of halogens is 1. The summed E-state index contributed by atoms with van der Waals surface area (Å²) in [7, 11) is 0. The summed E-state index contributed by atoms with van der Waals surface area (Å²) in [6, 6.07) is 8.54. The first-order valence-corrected chi connectivity index (χ1v) is 7.38. The number of carbonyl (C=O) groups excluding carboxylic acids is 2. The SMILES string of the molecule is CCC1C(=O)NC(Cc2ccccc2)C(=O)N1CCCF. The number of alkyl halides is 1. The molecule has 0 aliphatic carbocycles. The summed E-state index contributed by atoms with van der Waals surface area (Å²) >= 11 is 0. The number of carbonyl (C=O) groups is 2. The molecule has 5 heteroatoms. The maximum absolute atomic E-state index is 12.5. The molecule has 1 aliphatic rings. The molecule has 4 nitrogen and oxygen atoms in total. The van der Waals surface area contributed by atoms with Crippen LogP contribution in [0.15, 0.2) is 30.3 Å². The zero-order chi connectivity index (χ0) is 15.2. The Morgan fingerprint density at radius 2 is 1.95 bits per heavy atom. The molecule has 1 saturated heterocycles. The van der Waals surface area contributed by atoms with Gasteiger partial charge in [-0.3, -0.25) is 14.0 Å². The second-order valence-corrected chi connectivity index (χ2v) is 5.25. The third-order valence-corrected chi connectivity index (χ3v) is 3.78. The van der Waals surface area contributed by atoms with Gasteiger partial charge in [0.2, 0.25) is 11.8 Å². The molecule has 1 aromatic rings. The minimum atomic E-state index is -0.553. The van der Waals surface area contributed by atoms with Crippen molar-refractivity contribution in [3.05, 3.63) is 35.9 Å². The van der Waals surface area contributed by atoms with Crippen molar-refractivity contribution in [2.45, 2.75) is 38.3 Å². The molecule has 0 bridgehead atoms. The number of rotatable bonds is 6. The van der Waals surface area contributed by atoms with E-state index in [1.165, 1.54) is 4.90 Å². The zero-order valence-electron chi connectivity index (χ0n) is 12.2. The predicted molar refractivity (Wildman–Crippen MR) is 78.5 cm³/mol. The summed E-state index contributed by atoms with van der Waals surface area (Å²) in [6.07, 6.45) is 1.28. The highest BCUT2D eigenvalue weighted by molar-refractivity contribution is 5.97. The van der Waals surface area contributed by atoms with Gasteiger partial charge in [-0.25, -0.2) is 0 Å². The summed E-state index contributed by atoms with van der Waals surface area (Å²) in [4.78, 5) is 26.2. The molecule has 114 valence electrons. The first-order valence-electron chi connectivity index (χ1n) is 7.38. The first-order chi connectivity index (χ1) is 10.2. The Hall–Kier alpha value is -1.91. The third kappa shape index (κ3) is 3.60. The fraction of sp³-hybridized carbons (Fsp3) is 0.500. The van der Waals surface area contributed by atoms with Crippen molar-refractivity contribution < 1.29 is 14.0 Å². The van der Waals surface area contributed by atoms with Crippen LogP contribution >= 0.6 is 0 Å². The predicted octanol–water partition coefficient (Wildman–Crippen LogP) is 1.69. The van der Waals surface area contributed by atoms with E-state index in [9.17, 15) is 14.0 Å². The maximum atomic E-state index is 12.5. The molecule has 1 N–H and O–H groups in total. The molecule has 0 aromatic heterocycles. The minimum Gasteiger partial charge on any atom is -0.342 e. The van der Waals surface area contributed by atoms with Gasteiger partial charge in [-0.2, -0.15) is 0 Å². The van der Waals surface area contributed by atoms with Gasteiger partial charge in [0, 0.05) is 13.0 Å².